The molecule has 3 heterocycles. The van der Waals surface area contributed by atoms with Gasteiger partial charge in [-0.15, -0.1) is 0 Å². The van der Waals surface area contributed by atoms with E-state index >= 15 is 0 Å². The average Bonchev–Trinajstić information content (AvgIpc) is 3.19. The molecule has 0 amide bonds. The predicted molar refractivity (Wildman–Crippen MR) is 109 cm³/mol. The Morgan fingerprint density at radius 3 is 2.90 bits per heavy atom. The molecule has 0 N–H and O–H groups in total. The number of carbonyl (C=O) groups excluding carboxylic acids is 1. The van der Waals surface area contributed by atoms with Crippen molar-refractivity contribution < 1.29 is 9.53 Å². The van der Waals surface area contributed by atoms with E-state index in [4.69, 9.17) is 9.72 Å². The third-order valence-corrected chi connectivity index (χ3v) is 5.41. The molecular weight excluding hydrogens is 366 g/mol. The highest BCUT2D eigenvalue weighted by Gasteiger charge is 2.24. The van der Waals surface area contributed by atoms with Crippen molar-refractivity contribution in [3.05, 3.63) is 87.1 Å². The third kappa shape index (κ3) is 2.97. The molecule has 1 aliphatic carbocycles. The van der Waals surface area contributed by atoms with Gasteiger partial charge in [-0.3, -0.25) is 14.2 Å². The first-order chi connectivity index (χ1) is 14.1. The van der Waals surface area contributed by atoms with Crippen LogP contribution >= 0.6 is 0 Å². The van der Waals surface area contributed by atoms with Crippen molar-refractivity contribution in [3.63, 3.8) is 0 Å². The molecular formula is C23H19N3O3. The van der Waals surface area contributed by atoms with Gasteiger partial charge in [0, 0.05) is 23.3 Å². The molecule has 0 fully saturated rings. The number of aromatic nitrogens is 3. The molecule has 0 unspecified atom stereocenters. The lowest BCUT2D eigenvalue weighted by Crippen LogP contribution is -2.17. The van der Waals surface area contributed by atoms with E-state index in [1.165, 1.54) is 10.5 Å². The van der Waals surface area contributed by atoms with E-state index in [0.717, 1.165) is 47.0 Å². The van der Waals surface area contributed by atoms with E-state index in [0.29, 0.717) is 16.9 Å². The molecule has 144 valence electrons. The Morgan fingerprint density at radius 1 is 1.14 bits per heavy atom. The molecule has 0 saturated carbocycles. The molecule has 0 spiro atoms. The van der Waals surface area contributed by atoms with Crippen LogP contribution in [0.25, 0.3) is 16.6 Å². The lowest BCUT2D eigenvalue weighted by Gasteiger charge is -2.12. The zero-order valence-electron chi connectivity index (χ0n) is 16.0. The summed E-state index contributed by atoms with van der Waals surface area (Å²) < 4.78 is 7.10. The number of benzene rings is 1. The van der Waals surface area contributed by atoms with E-state index < -0.39 is 5.97 Å². The van der Waals surface area contributed by atoms with Crippen molar-refractivity contribution >= 4 is 22.5 Å². The minimum absolute atomic E-state index is 0.0513. The van der Waals surface area contributed by atoms with Crippen molar-refractivity contribution in [1.82, 2.24) is 14.4 Å². The first kappa shape index (κ1) is 17.6. The Bertz CT molecular complexity index is 1340. The predicted octanol–water partition coefficient (Wildman–Crippen LogP) is 3.40. The Kier molecular flexibility index (Phi) is 4.12. The second-order valence-electron chi connectivity index (χ2n) is 7.33. The second-order valence-corrected chi connectivity index (χ2v) is 7.33. The molecule has 1 aliphatic rings. The first-order valence-corrected chi connectivity index (χ1v) is 9.67. The van der Waals surface area contributed by atoms with E-state index in [-0.39, 0.29) is 12.2 Å². The van der Waals surface area contributed by atoms with Gasteiger partial charge in [0.15, 0.2) is 0 Å². The number of esters is 1. The smallest absolute Gasteiger partial charge is 0.339 e. The first-order valence-electron chi connectivity index (χ1n) is 9.67. The summed E-state index contributed by atoms with van der Waals surface area (Å²) in [5, 5.41) is 0.806. The molecule has 6 heteroatoms. The molecule has 0 radical (unpaired) electrons. The fraction of sp³-hybridized carbons (Fsp3) is 0.217. The molecule has 0 saturated heterocycles. The van der Waals surface area contributed by atoms with Crippen LogP contribution in [0.5, 0.6) is 0 Å². The molecule has 1 aromatic carbocycles. The SMILES string of the molecule is Cc1cccn2c(=O)cc(COC(=O)c3c4c(nc5ccccc35)CCC4)nc12. The summed E-state index contributed by atoms with van der Waals surface area (Å²) >= 11 is 0. The number of rotatable bonds is 3. The van der Waals surface area contributed by atoms with Gasteiger partial charge in [0.05, 0.1) is 16.8 Å². The number of fused-ring (bicyclic) bond motifs is 3. The zero-order valence-corrected chi connectivity index (χ0v) is 16.0. The summed E-state index contributed by atoms with van der Waals surface area (Å²) in [4.78, 5) is 34.6. The summed E-state index contributed by atoms with van der Waals surface area (Å²) in [6, 6.07) is 12.7. The maximum atomic E-state index is 13.0. The standard InChI is InChI=1S/C23H19N3O3/c1-14-6-5-11-26-20(27)12-15(24-22(14)26)13-29-23(28)21-16-7-2-3-9-18(16)25-19-10-4-8-17(19)21/h2-3,5-7,9,11-12H,4,8,10,13H2,1H3. The fourth-order valence-electron chi connectivity index (χ4n) is 4.04. The number of ether oxygens (including phenoxy) is 1. The molecule has 0 atom stereocenters. The summed E-state index contributed by atoms with van der Waals surface area (Å²) in [7, 11) is 0. The van der Waals surface area contributed by atoms with Gasteiger partial charge >= 0.3 is 5.97 Å². The van der Waals surface area contributed by atoms with Gasteiger partial charge in [-0.2, -0.15) is 0 Å². The highest BCUT2D eigenvalue weighted by atomic mass is 16.5. The van der Waals surface area contributed by atoms with Gasteiger partial charge in [0.1, 0.15) is 12.3 Å². The van der Waals surface area contributed by atoms with E-state index in [9.17, 15) is 9.59 Å². The summed E-state index contributed by atoms with van der Waals surface area (Å²) in [5.74, 6) is -0.395. The number of para-hydroxylation sites is 1. The Morgan fingerprint density at radius 2 is 2.00 bits per heavy atom. The van der Waals surface area contributed by atoms with Gasteiger partial charge in [0.2, 0.25) is 0 Å². The van der Waals surface area contributed by atoms with Crippen LogP contribution in [0.1, 0.15) is 39.3 Å². The minimum Gasteiger partial charge on any atom is -0.456 e. The Hall–Kier alpha value is -3.54. The molecule has 3 aromatic heterocycles. The highest BCUT2D eigenvalue weighted by Crippen LogP contribution is 2.30. The average molecular weight is 385 g/mol. The normalized spacial score (nSPS) is 13.0. The van der Waals surface area contributed by atoms with Gasteiger partial charge < -0.3 is 4.74 Å². The van der Waals surface area contributed by atoms with E-state index in [2.05, 4.69) is 4.98 Å². The number of aryl methyl sites for hydroxylation is 2. The number of hydrogen-bond donors (Lipinski definition) is 0. The van der Waals surface area contributed by atoms with Gasteiger partial charge in [-0.1, -0.05) is 24.3 Å². The van der Waals surface area contributed by atoms with Crippen molar-refractivity contribution in [2.75, 3.05) is 0 Å². The second kappa shape index (κ2) is 6.81. The number of nitrogens with zero attached hydrogens (tertiary/aromatic N) is 3. The molecule has 0 aliphatic heterocycles. The van der Waals surface area contributed by atoms with Crippen molar-refractivity contribution in [2.45, 2.75) is 32.8 Å². The third-order valence-electron chi connectivity index (χ3n) is 5.41. The largest absolute Gasteiger partial charge is 0.456 e. The number of pyridine rings is 2. The van der Waals surface area contributed by atoms with Crippen LogP contribution in [0.15, 0.2) is 53.5 Å². The van der Waals surface area contributed by atoms with Crippen LogP contribution in [0.2, 0.25) is 0 Å². The maximum Gasteiger partial charge on any atom is 0.339 e. The van der Waals surface area contributed by atoms with Crippen LogP contribution in [-0.2, 0) is 24.2 Å². The van der Waals surface area contributed by atoms with Crippen molar-refractivity contribution in [1.29, 1.82) is 0 Å². The molecule has 5 rings (SSSR count). The summed E-state index contributed by atoms with van der Waals surface area (Å²) in [5.41, 5.74) is 5.06. The molecule has 4 aromatic rings. The summed E-state index contributed by atoms with van der Waals surface area (Å²) in [6.45, 7) is 1.84. The zero-order chi connectivity index (χ0) is 20.0. The minimum atomic E-state index is -0.395. The molecule has 29 heavy (non-hydrogen) atoms. The number of hydrogen-bond acceptors (Lipinski definition) is 5. The maximum absolute atomic E-state index is 13.0. The van der Waals surface area contributed by atoms with Crippen LogP contribution in [0, 0.1) is 6.92 Å². The van der Waals surface area contributed by atoms with Crippen LogP contribution in [0.3, 0.4) is 0 Å². The lowest BCUT2D eigenvalue weighted by molar-refractivity contribution is 0.0469. The fourth-order valence-corrected chi connectivity index (χ4v) is 4.04. The van der Waals surface area contributed by atoms with Crippen molar-refractivity contribution in [3.8, 4) is 0 Å². The van der Waals surface area contributed by atoms with E-state index in [1.54, 1.807) is 12.3 Å². The van der Waals surface area contributed by atoms with Crippen LogP contribution in [-0.4, -0.2) is 20.3 Å². The Balaban J connectivity index is 1.50. The quantitative estimate of drug-likeness (QED) is 0.506. The van der Waals surface area contributed by atoms with E-state index in [1.807, 2.05) is 37.3 Å². The lowest BCUT2D eigenvalue weighted by atomic mass is 10.0. The van der Waals surface area contributed by atoms with Crippen LogP contribution in [0.4, 0.5) is 0 Å². The van der Waals surface area contributed by atoms with Gasteiger partial charge in [-0.05, 0) is 49.4 Å². The van der Waals surface area contributed by atoms with Gasteiger partial charge in [0.25, 0.3) is 5.56 Å². The summed E-state index contributed by atoms with van der Waals surface area (Å²) in [6.07, 6.45) is 4.37. The molecule has 0 bridgehead atoms. The molecule has 6 nitrogen and oxygen atoms in total. The topological polar surface area (TPSA) is 73.6 Å². The van der Waals surface area contributed by atoms with Crippen LogP contribution < -0.4 is 5.56 Å². The van der Waals surface area contributed by atoms with Crippen molar-refractivity contribution in [2.24, 2.45) is 0 Å². The van der Waals surface area contributed by atoms with Gasteiger partial charge in [-0.25, -0.2) is 9.78 Å². The highest BCUT2D eigenvalue weighted by molar-refractivity contribution is 6.05. The Labute approximate surface area is 166 Å². The number of carbonyl (C=O) groups is 1. The monoisotopic (exact) mass is 385 g/mol.